The number of morpholine rings is 1. The van der Waals surface area contributed by atoms with Gasteiger partial charge in [0.1, 0.15) is 11.6 Å². The molecule has 5 heterocycles. The standard InChI is InChI=1S/C25H36N4O6/c1-24-6-3-8-26(2)21(31)18(24)19-22(32)29(10-5-15-30)20-23(33)28(9-4-7-25(19,20)35-24)12-11-27-13-16-34-17-14-27/h3-4,6-7,18-20,30H,5,8-17H2,1-2H3/t18-,19+,20?,24+,25+/m1/s1. The van der Waals surface area contributed by atoms with Crippen LogP contribution in [0.25, 0.3) is 0 Å². The number of likely N-dealkylation sites (N-methyl/N-ethyl adjacent to an activating group) is 1. The van der Waals surface area contributed by atoms with E-state index in [0.717, 1.165) is 19.6 Å². The summed E-state index contributed by atoms with van der Waals surface area (Å²) in [6.07, 6.45) is 7.92. The molecule has 5 aliphatic heterocycles. The van der Waals surface area contributed by atoms with Crippen molar-refractivity contribution in [3.05, 3.63) is 24.3 Å². The average molecular weight is 489 g/mol. The first-order valence-electron chi connectivity index (χ1n) is 12.6. The number of amides is 3. The van der Waals surface area contributed by atoms with Gasteiger partial charge in [-0.15, -0.1) is 0 Å². The molecule has 0 aromatic heterocycles. The zero-order valence-electron chi connectivity index (χ0n) is 20.6. The van der Waals surface area contributed by atoms with Crippen molar-refractivity contribution >= 4 is 17.7 Å². The van der Waals surface area contributed by atoms with Crippen LogP contribution in [0.5, 0.6) is 0 Å². The van der Waals surface area contributed by atoms with E-state index >= 15 is 0 Å². The van der Waals surface area contributed by atoms with Gasteiger partial charge in [0.2, 0.25) is 17.7 Å². The molecule has 10 nitrogen and oxygen atoms in total. The van der Waals surface area contributed by atoms with E-state index in [1.807, 2.05) is 31.2 Å². The van der Waals surface area contributed by atoms with Crippen molar-refractivity contribution in [2.24, 2.45) is 11.8 Å². The smallest absolute Gasteiger partial charge is 0.249 e. The van der Waals surface area contributed by atoms with Crippen molar-refractivity contribution in [1.29, 1.82) is 0 Å². The van der Waals surface area contributed by atoms with E-state index in [1.54, 1.807) is 21.7 Å². The summed E-state index contributed by atoms with van der Waals surface area (Å²) in [4.78, 5) is 48.7. The number of carbonyl (C=O) groups is 3. The highest BCUT2D eigenvalue weighted by Crippen LogP contribution is 2.57. The van der Waals surface area contributed by atoms with Crippen LogP contribution in [0.15, 0.2) is 24.3 Å². The van der Waals surface area contributed by atoms with Gasteiger partial charge < -0.3 is 29.3 Å². The first kappa shape index (κ1) is 24.4. The van der Waals surface area contributed by atoms with Crippen molar-refractivity contribution in [3.8, 4) is 0 Å². The number of likely N-dealkylation sites (tertiary alicyclic amines) is 1. The number of hydrogen-bond donors (Lipinski definition) is 1. The minimum Gasteiger partial charge on any atom is -0.396 e. The number of hydrogen-bond acceptors (Lipinski definition) is 7. The summed E-state index contributed by atoms with van der Waals surface area (Å²) in [6, 6.07) is -0.870. The lowest BCUT2D eigenvalue weighted by atomic mass is 9.74. The molecule has 5 atom stereocenters. The van der Waals surface area contributed by atoms with Crippen LogP contribution in [0.3, 0.4) is 0 Å². The van der Waals surface area contributed by atoms with E-state index in [1.165, 1.54) is 0 Å². The fourth-order valence-electron chi connectivity index (χ4n) is 6.46. The molecule has 0 bridgehead atoms. The van der Waals surface area contributed by atoms with Crippen molar-refractivity contribution in [2.75, 3.05) is 72.7 Å². The first-order valence-corrected chi connectivity index (χ1v) is 12.6. The minimum absolute atomic E-state index is 0.0919. The minimum atomic E-state index is -1.23. The summed E-state index contributed by atoms with van der Waals surface area (Å²) in [5, 5.41) is 9.49. The molecule has 10 heteroatoms. The van der Waals surface area contributed by atoms with Gasteiger partial charge in [0, 0.05) is 59.5 Å². The second-order valence-corrected chi connectivity index (χ2v) is 10.4. The second-order valence-electron chi connectivity index (χ2n) is 10.4. The SMILES string of the molecule is CN1CC=C[C@]2(C)O[C@]34C=CCN(CCN5CCOCC5)C(=O)C3N(CCCO)C(=O)[C@@H]4[C@@H]2C1=O. The fraction of sp³-hybridized carbons (Fsp3) is 0.720. The third-order valence-corrected chi connectivity index (χ3v) is 8.19. The summed E-state index contributed by atoms with van der Waals surface area (Å²) in [5.74, 6) is -2.08. The number of carbonyl (C=O) groups excluding carboxylic acids is 3. The molecule has 3 amide bonds. The Hall–Kier alpha value is -2.27. The number of rotatable bonds is 6. The summed E-state index contributed by atoms with van der Waals surface area (Å²) in [7, 11) is 1.73. The van der Waals surface area contributed by atoms with E-state index in [4.69, 9.17) is 9.47 Å². The normalized spacial score (nSPS) is 37.4. The molecule has 0 aromatic carbocycles. The van der Waals surface area contributed by atoms with Crippen LogP contribution in [0.4, 0.5) is 0 Å². The maximum Gasteiger partial charge on any atom is 0.249 e. The van der Waals surface area contributed by atoms with Crippen molar-refractivity contribution in [3.63, 3.8) is 0 Å². The first-order chi connectivity index (χ1) is 16.8. The van der Waals surface area contributed by atoms with Gasteiger partial charge in [-0.05, 0) is 13.3 Å². The Bertz CT molecular complexity index is 933. The third kappa shape index (κ3) is 3.91. The lowest BCUT2D eigenvalue weighted by molar-refractivity contribution is -0.152. The Kier molecular flexibility index (Phi) is 6.50. The highest BCUT2D eigenvalue weighted by atomic mass is 16.5. The second kappa shape index (κ2) is 9.31. The number of aliphatic hydroxyl groups is 1. The van der Waals surface area contributed by atoms with Gasteiger partial charge >= 0.3 is 0 Å². The number of fused-ring (bicyclic) bond motifs is 2. The highest BCUT2D eigenvalue weighted by Gasteiger charge is 2.74. The molecule has 0 saturated carbocycles. The number of nitrogens with zero attached hydrogens (tertiary/aromatic N) is 4. The van der Waals surface area contributed by atoms with Gasteiger partial charge in [0.15, 0.2) is 0 Å². The molecular weight excluding hydrogens is 452 g/mol. The maximum atomic E-state index is 14.1. The molecule has 1 unspecified atom stereocenters. The Morgan fingerprint density at radius 3 is 2.46 bits per heavy atom. The van der Waals surface area contributed by atoms with E-state index in [-0.39, 0.29) is 30.9 Å². The van der Waals surface area contributed by atoms with Crippen molar-refractivity contribution < 1.29 is 29.0 Å². The van der Waals surface area contributed by atoms with Crippen LogP contribution >= 0.6 is 0 Å². The predicted octanol–water partition coefficient (Wildman–Crippen LogP) is -0.901. The Morgan fingerprint density at radius 2 is 1.71 bits per heavy atom. The predicted molar refractivity (Wildman–Crippen MR) is 126 cm³/mol. The summed E-state index contributed by atoms with van der Waals surface area (Å²) < 4.78 is 12.1. The van der Waals surface area contributed by atoms with Crippen LogP contribution < -0.4 is 0 Å². The molecule has 5 aliphatic rings. The molecule has 35 heavy (non-hydrogen) atoms. The lowest BCUT2D eigenvalue weighted by Crippen LogP contribution is -2.56. The zero-order valence-corrected chi connectivity index (χ0v) is 20.6. The molecular formula is C25H36N4O6. The van der Waals surface area contributed by atoms with Gasteiger partial charge in [0.25, 0.3) is 0 Å². The summed E-state index contributed by atoms with van der Waals surface area (Å²) >= 11 is 0. The molecule has 5 rings (SSSR count). The molecule has 1 spiro atoms. The van der Waals surface area contributed by atoms with Gasteiger partial charge in [-0.1, -0.05) is 24.3 Å². The molecule has 0 aromatic rings. The zero-order chi connectivity index (χ0) is 24.8. The van der Waals surface area contributed by atoms with E-state index in [9.17, 15) is 19.5 Å². The van der Waals surface area contributed by atoms with Gasteiger partial charge in [-0.25, -0.2) is 0 Å². The van der Waals surface area contributed by atoms with Crippen LogP contribution in [-0.2, 0) is 23.9 Å². The van der Waals surface area contributed by atoms with Crippen LogP contribution in [0.1, 0.15) is 13.3 Å². The lowest BCUT2D eigenvalue weighted by Gasteiger charge is -2.38. The number of aliphatic hydroxyl groups excluding tert-OH is 1. The molecule has 192 valence electrons. The molecule has 3 saturated heterocycles. The molecule has 0 radical (unpaired) electrons. The van der Waals surface area contributed by atoms with E-state index in [0.29, 0.717) is 39.3 Å². The van der Waals surface area contributed by atoms with Crippen LogP contribution in [-0.4, -0.2) is 132 Å². The number of ether oxygens (including phenoxy) is 2. The summed E-state index contributed by atoms with van der Waals surface area (Å²) in [5.41, 5.74) is -2.22. The average Bonchev–Trinajstić information content (AvgIpc) is 3.12. The molecule has 1 N–H and O–H groups in total. The van der Waals surface area contributed by atoms with Crippen LogP contribution in [0, 0.1) is 11.8 Å². The van der Waals surface area contributed by atoms with Crippen molar-refractivity contribution in [2.45, 2.75) is 30.6 Å². The monoisotopic (exact) mass is 488 g/mol. The largest absolute Gasteiger partial charge is 0.396 e. The Balaban J connectivity index is 1.50. The highest BCUT2D eigenvalue weighted by molar-refractivity contribution is 6.00. The Labute approximate surface area is 206 Å². The van der Waals surface area contributed by atoms with Crippen molar-refractivity contribution in [1.82, 2.24) is 19.6 Å². The Morgan fingerprint density at radius 1 is 0.971 bits per heavy atom. The van der Waals surface area contributed by atoms with Gasteiger partial charge in [-0.2, -0.15) is 0 Å². The van der Waals surface area contributed by atoms with Crippen LogP contribution in [0.2, 0.25) is 0 Å². The summed E-state index contributed by atoms with van der Waals surface area (Å²) in [6.45, 7) is 7.17. The van der Waals surface area contributed by atoms with Gasteiger partial charge in [-0.3, -0.25) is 19.3 Å². The molecule has 3 fully saturated rings. The quantitative estimate of drug-likeness (QED) is 0.484. The van der Waals surface area contributed by atoms with E-state index in [2.05, 4.69) is 4.90 Å². The van der Waals surface area contributed by atoms with E-state index < -0.39 is 29.1 Å². The topological polar surface area (TPSA) is 103 Å². The molecule has 0 aliphatic carbocycles. The van der Waals surface area contributed by atoms with Gasteiger partial charge in [0.05, 0.1) is 30.7 Å². The fourth-order valence-corrected chi connectivity index (χ4v) is 6.46. The third-order valence-electron chi connectivity index (χ3n) is 8.19. The maximum absolute atomic E-state index is 14.1.